The fraction of sp³-hybridized carbons (Fsp3) is 0.250. The van der Waals surface area contributed by atoms with Crippen LogP contribution in [0.15, 0.2) is 60.7 Å². The van der Waals surface area contributed by atoms with Crippen molar-refractivity contribution in [3.05, 3.63) is 83.5 Å². The molecule has 0 aliphatic heterocycles. The minimum absolute atomic E-state index is 0.0430. The second kappa shape index (κ2) is 9.78. The van der Waals surface area contributed by atoms with E-state index in [1.165, 1.54) is 0 Å². The molecular formula is C24H25N3O3. The topological polar surface area (TPSA) is 85.1 Å². The van der Waals surface area contributed by atoms with Gasteiger partial charge in [0.1, 0.15) is 5.82 Å². The molecule has 0 saturated heterocycles. The zero-order valence-electron chi connectivity index (χ0n) is 17.2. The van der Waals surface area contributed by atoms with Crippen LogP contribution in [0, 0.1) is 0 Å². The van der Waals surface area contributed by atoms with E-state index >= 15 is 0 Å². The van der Waals surface area contributed by atoms with Crippen LogP contribution in [0.4, 0.5) is 0 Å². The third-order valence-corrected chi connectivity index (χ3v) is 4.77. The summed E-state index contributed by atoms with van der Waals surface area (Å²) in [4.78, 5) is 28.2. The number of aromatic carboxylic acids is 1. The van der Waals surface area contributed by atoms with Crippen molar-refractivity contribution in [2.75, 3.05) is 0 Å². The zero-order valence-corrected chi connectivity index (χ0v) is 17.2. The van der Waals surface area contributed by atoms with Crippen LogP contribution in [-0.4, -0.2) is 31.6 Å². The van der Waals surface area contributed by atoms with Gasteiger partial charge in [-0.05, 0) is 36.1 Å². The van der Waals surface area contributed by atoms with Crippen LogP contribution in [0.25, 0.3) is 11.1 Å². The SMILES string of the molecule is C/C=C/Cn1nc(C(=O)CCC)nc1Cc1ccc(-c2ccccc2C(=O)O)cc1. The van der Waals surface area contributed by atoms with Crippen LogP contribution in [-0.2, 0) is 13.0 Å². The third-order valence-electron chi connectivity index (χ3n) is 4.77. The Morgan fingerprint density at radius 1 is 1.10 bits per heavy atom. The molecule has 1 heterocycles. The average Bonchev–Trinajstić information content (AvgIpc) is 3.15. The molecule has 0 amide bonds. The van der Waals surface area contributed by atoms with E-state index in [4.69, 9.17) is 0 Å². The summed E-state index contributed by atoms with van der Waals surface area (Å²) in [5.74, 6) is 0.00392. The van der Waals surface area contributed by atoms with E-state index in [-0.39, 0.29) is 17.2 Å². The van der Waals surface area contributed by atoms with Gasteiger partial charge in [-0.2, -0.15) is 0 Å². The van der Waals surface area contributed by atoms with Gasteiger partial charge in [-0.1, -0.05) is 61.5 Å². The predicted octanol–water partition coefficient (Wildman–Crippen LogP) is 4.79. The molecule has 30 heavy (non-hydrogen) atoms. The highest BCUT2D eigenvalue weighted by Crippen LogP contribution is 2.24. The van der Waals surface area contributed by atoms with E-state index in [9.17, 15) is 14.7 Å². The summed E-state index contributed by atoms with van der Waals surface area (Å²) in [7, 11) is 0. The molecule has 0 fully saturated rings. The van der Waals surface area contributed by atoms with Crippen LogP contribution < -0.4 is 0 Å². The Kier molecular flexibility index (Phi) is 6.91. The highest BCUT2D eigenvalue weighted by molar-refractivity contribution is 5.96. The number of carboxylic acids is 1. The summed E-state index contributed by atoms with van der Waals surface area (Å²) in [6.45, 7) is 4.45. The number of allylic oxidation sites excluding steroid dienone is 2. The lowest BCUT2D eigenvalue weighted by atomic mass is 9.98. The molecule has 0 aliphatic carbocycles. The molecule has 0 spiro atoms. The highest BCUT2D eigenvalue weighted by Gasteiger charge is 2.16. The number of rotatable bonds is 9. The number of carbonyl (C=O) groups excluding carboxylic acids is 1. The normalized spacial score (nSPS) is 11.1. The summed E-state index contributed by atoms with van der Waals surface area (Å²) in [5.41, 5.74) is 2.80. The molecule has 6 heteroatoms. The van der Waals surface area contributed by atoms with Gasteiger partial charge in [0, 0.05) is 12.8 Å². The first kappa shape index (κ1) is 21.2. The lowest BCUT2D eigenvalue weighted by Gasteiger charge is -2.08. The summed E-state index contributed by atoms with van der Waals surface area (Å²) in [6, 6.07) is 14.7. The largest absolute Gasteiger partial charge is 0.478 e. The van der Waals surface area contributed by atoms with Crippen LogP contribution in [0.1, 0.15) is 59.1 Å². The van der Waals surface area contributed by atoms with Gasteiger partial charge in [0.15, 0.2) is 0 Å². The second-order valence-corrected chi connectivity index (χ2v) is 7.00. The van der Waals surface area contributed by atoms with Crippen LogP contribution in [0.2, 0.25) is 0 Å². The molecule has 2 aromatic carbocycles. The van der Waals surface area contributed by atoms with Gasteiger partial charge in [-0.15, -0.1) is 5.10 Å². The molecule has 0 bridgehead atoms. The zero-order chi connectivity index (χ0) is 21.5. The van der Waals surface area contributed by atoms with E-state index in [1.54, 1.807) is 22.9 Å². The molecule has 0 aliphatic rings. The predicted molar refractivity (Wildman–Crippen MR) is 116 cm³/mol. The van der Waals surface area contributed by atoms with Crippen molar-refractivity contribution in [2.24, 2.45) is 0 Å². The van der Waals surface area contributed by atoms with Crippen LogP contribution in [0.3, 0.4) is 0 Å². The summed E-state index contributed by atoms with van der Waals surface area (Å²) in [6.07, 6.45) is 5.64. The first-order valence-electron chi connectivity index (χ1n) is 10.0. The van der Waals surface area contributed by atoms with Gasteiger partial charge in [-0.3, -0.25) is 4.79 Å². The first-order valence-corrected chi connectivity index (χ1v) is 10.0. The number of hydrogen-bond donors (Lipinski definition) is 1. The van der Waals surface area contributed by atoms with Gasteiger partial charge in [0.25, 0.3) is 0 Å². The van der Waals surface area contributed by atoms with Crippen molar-refractivity contribution in [1.29, 1.82) is 0 Å². The standard InChI is InChI=1S/C24H25N3O3/c1-3-5-15-27-22(25-23(26-27)21(28)8-4-2)16-17-11-13-18(14-12-17)19-9-6-7-10-20(19)24(29)30/h3,5-7,9-14H,4,8,15-16H2,1-2H3,(H,29,30)/b5-3+. The molecule has 0 radical (unpaired) electrons. The number of carboxylic acid groups (broad SMARTS) is 1. The van der Waals surface area contributed by atoms with Gasteiger partial charge in [0.2, 0.25) is 11.6 Å². The van der Waals surface area contributed by atoms with Crippen LogP contribution >= 0.6 is 0 Å². The minimum atomic E-state index is -0.948. The maximum absolute atomic E-state index is 12.2. The second-order valence-electron chi connectivity index (χ2n) is 7.00. The number of hydrogen-bond acceptors (Lipinski definition) is 4. The third kappa shape index (κ3) is 4.89. The Labute approximate surface area is 175 Å². The Balaban J connectivity index is 1.86. The highest BCUT2D eigenvalue weighted by atomic mass is 16.4. The summed E-state index contributed by atoms with van der Waals surface area (Å²) < 4.78 is 1.76. The molecule has 1 N–H and O–H groups in total. The fourth-order valence-corrected chi connectivity index (χ4v) is 3.22. The molecule has 3 rings (SSSR count). The minimum Gasteiger partial charge on any atom is -0.478 e. The van der Waals surface area contributed by atoms with E-state index in [0.29, 0.717) is 24.9 Å². The lowest BCUT2D eigenvalue weighted by Crippen LogP contribution is -2.06. The number of nitrogens with zero attached hydrogens (tertiary/aromatic N) is 3. The molecule has 0 unspecified atom stereocenters. The Bertz CT molecular complexity index is 1070. The van der Waals surface area contributed by atoms with Gasteiger partial charge < -0.3 is 5.11 Å². The maximum atomic E-state index is 12.2. The average molecular weight is 403 g/mol. The Hall–Kier alpha value is -3.54. The van der Waals surface area contributed by atoms with E-state index in [2.05, 4.69) is 10.1 Å². The summed E-state index contributed by atoms with van der Waals surface area (Å²) in [5, 5.41) is 13.8. The van der Waals surface area contributed by atoms with Crippen molar-refractivity contribution in [2.45, 2.75) is 39.7 Å². The van der Waals surface area contributed by atoms with Crippen molar-refractivity contribution in [3.63, 3.8) is 0 Å². The summed E-state index contributed by atoms with van der Waals surface area (Å²) >= 11 is 0. The number of aromatic nitrogens is 3. The van der Waals surface area contributed by atoms with E-state index < -0.39 is 5.97 Å². The number of ketones is 1. The van der Waals surface area contributed by atoms with E-state index in [1.807, 2.05) is 56.3 Å². The molecule has 154 valence electrons. The van der Waals surface area contributed by atoms with E-state index in [0.717, 1.165) is 23.4 Å². The quantitative estimate of drug-likeness (QED) is 0.410. The van der Waals surface area contributed by atoms with Gasteiger partial charge in [-0.25, -0.2) is 14.5 Å². The number of benzene rings is 2. The van der Waals surface area contributed by atoms with Crippen molar-refractivity contribution < 1.29 is 14.7 Å². The molecule has 0 saturated carbocycles. The first-order chi connectivity index (χ1) is 14.5. The van der Waals surface area contributed by atoms with Crippen molar-refractivity contribution in [3.8, 4) is 11.1 Å². The lowest BCUT2D eigenvalue weighted by molar-refractivity contribution is 0.0697. The van der Waals surface area contributed by atoms with Gasteiger partial charge >= 0.3 is 5.97 Å². The molecule has 3 aromatic rings. The number of Topliss-reactive ketones (excluding diaryl/α,β-unsaturated/α-hetero) is 1. The van der Waals surface area contributed by atoms with Gasteiger partial charge in [0.05, 0.1) is 12.1 Å². The molecule has 0 atom stereocenters. The molecular weight excluding hydrogens is 378 g/mol. The van der Waals surface area contributed by atoms with Crippen LogP contribution in [0.5, 0.6) is 0 Å². The van der Waals surface area contributed by atoms with Crippen molar-refractivity contribution in [1.82, 2.24) is 14.8 Å². The smallest absolute Gasteiger partial charge is 0.336 e. The maximum Gasteiger partial charge on any atom is 0.336 e. The Morgan fingerprint density at radius 2 is 1.83 bits per heavy atom. The molecule has 6 nitrogen and oxygen atoms in total. The Morgan fingerprint density at radius 3 is 2.50 bits per heavy atom. The van der Waals surface area contributed by atoms with Crippen molar-refractivity contribution >= 4 is 11.8 Å². The fourth-order valence-electron chi connectivity index (χ4n) is 3.22. The number of carbonyl (C=O) groups is 2. The monoisotopic (exact) mass is 403 g/mol. The molecule has 1 aromatic heterocycles.